The highest BCUT2D eigenvalue weighted by atomic mass is 16.3. The van der Waals surface area contributed by atoms with E-state index in [1.165, 1.54) is 0 Å². The lowest BCUT2D eigenvalue weighted by Crippen LogP contribution is -2.34. The van der Waals surface area contributed by atoms with E-state index in [0.29, 0.717) is 13.0 Å². The van der Waals surface area contributed by atoms with Crippen LogP contribution in [-0.4, -0.2) is 27.0 Å². The van der Waals surface area contributed by atoms with Crippen LogP contribution in [0.2, 0.25) is 0 Å². The molecular formula is C9H17N3O. The molecule has 1 aromatic rings. The molecule has 1 aromatic heterocycles. The van der Waals surface area contributed by atoms with Crippen molar-refractivity contribution >= 4 is 0 Å². The number of rotatable bonds is 5. The lowest BCUT2D eigenvalue weighted by atomic mass is 10.0. The van der Waals surface area contributed by atoms with Crippen LogP contribution in [0.15, 0.2) is 18.5 Å². The number of nitrogens with two attached hydrogens (primary N) is 1. The van der Waals surface area contributed by atoms with Gasteiger partial charge in [0.25, 0.3) is 0 Å². The van der Waals surface area contributed by atoms with Crippen molar-refractivity contribution in [2.45, 2.75) is 31.9 Å². The first-order valence-electron chi connectivity index (χ1n) is 4.54. The van der Waals surface area contributed by atoms with Gasteiger partial charge in [-0.2, -0.15) is 5.10 Å². The van der Waals surface area contributed by atoms with Crippen LogP contribution in [0.25, 0.3) is 0 Å². The Hall–Kier alpha value is -0.870. The molecule has 0 aromatic carbocycles. The van der Waals surface area contributed by atoms with Gasteiger partial charge in [-0.05, 0) is 25.8 Å². The standard InChI is InChI=1S/C9H17N3O/c1-9(13,8-10)4-2-6-12-7-3-5-11-12/h3,5,7,13H,2,4,6,8,10H2,1H3. The summed E-state index contributed by atoms with van der Waals surface area (Å²) < 4.78 is 1.85. The second-order valence-corrected chi connectivity index (χ2v) is 3.57. The van der Waals surface area contributed by atoms with E-state index in [2.05, 4.69) is 5.10 Å². The zero-order valence-electron chi connectivity index (χ0n) is 7.98. The molecule has 0 spiro atoms. The van der Waals surface area contributed by atoms with Crippen LogP contribution < -0.4 is 5.73 Å². The van der Waals surface area contributed by atoms with Crippen LogP contribution in [-0.2, 0) is 6.54 Å². The summed E-state index contributed by atoms with van der Waals surface area (Å²) in [6.45, 7) is 2.91. The third-order valence-corrected chi connectivity index (χ3v) is 2.10. The Kier molecular flexibility index (Phi) is 3.45. The molecule has 1 heterocycles. The van der Waals surface area contributed by atoms with E-state index in [0.717, 1.165) is 13.0 Å². The van der Waals surface area contributed by atoms with E-state index < -0.39 is 5.60 Å². The first-order valence-corrected chi connectivity index (χ1v) is 4.54. The van der Waals surface area contributed by atoms with E-state index in [1.807, 2.05) is 16.9 Å². The van der Waals surface area contributed by atoms with Crippen LogP contribution in [0.5, 0.6) is 0 Å². The third kappa shape index (κ3) is 3.57. The predicted octanol–water partition coefficient (Wildman–Crippen LogP) is 0.373. The first kappa shape index (κ1) is 10.2. The van der Waals surface area contributed by atoms with Gasteiger partial charge >= 0.3 is 0 Å². The minimum absolute atomic E-state index is 0.312. The maximum absolute atomic E-state index is 9.60. The molecule has 0 radical (unpaired) electrons. The number of hydrogen-bond acceptors (Lipinski definition) is 3. The minimum atomic E-state index is -0.729. The average Bonchev–Trinajstić information content (AvgIpc) is 2.57. The van der Waals surface area contributed by atoms with Crippen molar-refractivity contribution in [1.82, 2.24) is 9.78 Å². The topological polar surface area (TPSA) is 64.1 Å². The first-order chi connectivity index (χ1) is 6.14. The zero-order valence-corrected chi connectivity index (χ0v) is 7.98. The van der Waals surface area contributed by atoms with Crippen LogP contribution in [0.1, 0.15) is 19.8 Å². The van der Waals surface area contributed by atoms with E-state index in [-0.39, 0.29) is 0 Å². The van der Waals surface area contributed by atoms with Crippen molar-refractivity contribution < 1.29 is 5.11 Å². The van der Waals surface area contributed by atoms with Crippen LogP contribution in [0.3, 0.4) is 0 Å². The molecule has 4 heteroatoms. The monoisotopic (exact) mass is 183 g/mol. The molecule has 0 saturated carbocycles. The quantitative estimate of drug-likeness (QED) is 0.693. The maximum Gasteiger partial charge on any atom is 0.0742 e. The summed E-state index contributed by atoms with van der Waals surface area (Å²) in [5.41, 5.74) is 4.66. The highest BCUT2D eigenvalue weighted by molar-refractivity contribution is 4.78. The second-order valence-electron chi connectivity index (χ2n) is 3.57. The number of hydrogen-bond donors (Lipinski definition) is 2. The summed E-state index contributed by atoms with van der Waals surface area (Å²) in [5, 5.41) is 13.7. The normalized spacial score (nSPS) is 15.6. The summed E-state index contributed by atoms with van der Waals surface area (Å²) in [4.78, 5) is 0. The van der Waals surface area contributed by atoms with Crippen LogP contribution in [0.4, 0.5) is 0 Å². The molecule has 1 rings (SSSR count). The smallest absolute Gasteiger partial charge is 0.0742 e. The van der Waals surface area contributed by atoms with Gasteiger partial charge in [0.2, 0.25) is 0 Å². The van der Waals surface area contributed by atoms with Crippen molar-refractivity contribution in [3.05, 3.63) is 18.5 Å². The van der Waals surface area contributed by atoms with Gasteiger partial charge in [0, 0.05) is 25.5 Å². The predicted molar refractivity (Wildman–Crippen MR) is 51.1 cm³/mol. The van der Waals surface area contributed by atoms with Gasteiger partial charge in [-0.15, -0.1) is 0 Å². The molecule has 0 bridgehead atoms. The number of aromatic nitrogens is 2. The molecule has 0 aliphatic heterocycles. The van der Waals surface area contributed by atoms with Crippen LogP contribution in [0, 0.1) is 0 Å². The van der Waals surface area contributed by atoms with Gasteiger partial charge in [-0.1, -0.05) is 0 Å². The maximum atomic E-state index is 9.60. The Morgan fingerprint density at radius 2 is 2.38 bits per heavy atom. The molecule has 0 saturated heterocycles. The van der Waals surface area contributed by atoms with Crippen molar-refractivity contribution in [3.63, 3.8) is 0 Å². The van der Waals surface area contributed by atoms with Crippen molar-refractivity contribution in [1.29, 1.82) is 0 Å². The molecule has 3 N–H and O–H groups in total. The Balaban J connectivity index is 2.21. The van der Waals surface area contributed by atoms with Gasteiger partial charge in [-0.3, -0.25) is 4.68 Å². The summed E-state index contributed by atoms with van der Waals surface area (Å²) in [6.07, 6.45) is 5.27. The fourth-order valence-electron chi connectivity index (χ4n) is 1.16. The Labute approximate surface area is 78.4 Å². The molecule has 0 fully saturated rings. The third-order valence-electron chi connectivity index (χ3n) is 2.10. The zero-order chi connectivity index (χ0) is 9.73. The van der Waals surface area contributed by atoms with Crippen molar-refractivity contribution in [3.8, 4) is 0 Å². The lowest BCUT2D eigenvalue weighted by Gasteiger charge is -2.20. The molecule has 0 aliphatic carbocycles. The van der Waals surface area contributed by atoms with Gasteiger partial charge in [0.05, 0.1) is 5.60 Å². The van der Waals surface area contributed by atoms with Gasteiger partial charge in [-0.25, -0.2) is 0 Å². The van der Waals surface area contributed by atoms with Crippen LogP contribution >= 0.6 is 0 Å². The summed E-state index contributed by atoms with van der Waals surface area (Å²) in [6, 6.07) is 1.89. The molecule has 74 valence electrons. The number of aryl methyl sites for hydroxylation is 1. The highest BCUT2D eigenvalue weighted by Crippen LogP contribution is 2.10. The average molecular weight is 183 g/mol. The largest absolute Gasteiger partial charge is 0.389 e. The molecule has 0 aliphatic rings. The van der Waals surface area contributed by atoms with E-state index in [1.54, 1.807) is 13.1 Å². The summed E-state index contributed by atoms with van der Waals surface area (Å²) >= 11 is 0. The van der Waals surface area contributed by atoms with E-state index >= 15 is 0 Å². The highest BCUT2D eigenvalue weighted by Gasteiger charge is 2.16. The second kappa shape index (κ2) is 4.39. The molecular weight excluding hydrogens is 166 g/mol. The van der Waals surface area contributed by atoms with E-state index in [4.69, 9.17) is 5.73 Å². The Morgan fingerprint density at radius 3 is 2.92 bits per heavy atom. The van der Waals surface area contributed by atoms with Crippen molar-refractivity contribution in [2.24, 2.45) is 5.73 Å². The SMILES string of the molecule is CC(O)(CN)CCCn1cccn1. The Bertz CT molecular complexity index is 231. The molecule has 4 nitrogen and oxygen atoms in total. The Morgan fingerprint density at radius 1 is 1.62 bits per heavy atom. The molecule has 1 unspecified atom stereocenters. The van der Waals surface area contributed by atoms with Crippen molar-refractivity contribution in [2.75, 3.05) is 6.54 Å². The number of aliphatic hydroxyl groups is 1. The molecule has 1 atom stereocenters. The van der Waals surface area contributed by atoms with Gasteiger partial charge < -0.3 is 10.8 Å². The summed E-state index contributed by atoms with van der Waals surface area (Å²) in [5.74, 6) is 0. The lowest BCUT2D eigenvalue weighted by molar-refractivity contribution is 0.0564. The minimum Gasteiger partial charge on any atom is -0.389 e. The van der Waals surface area contributed by atoms with Gasteiger partial charge in [0.1, 0.15) is 0 Å². The number of nitrogens with zero attached hydrogens (tertiary/aromatic N) is 2. The van der Waals surface area contributed by atoms with Gasteiger partial charge in [0.15, 0.2) is 0 Å². The molecule has 0 amide bonds. The summed E-state index contributed by atoms with van der Waals surface area (Å²) in [7, 11) is 0. The molecule has 13 heavy (non-hydrogen) atoms. The van der Waals surface area contributed by atoms with E-state index in [9.17, 15) is 5.11 Å². The fraction of sp³-hybridized carbons (Fsp3) is 0.667. The fourth-order valence-corrected chi connectivity index (χ4v) is 1.16.